The molecule has 5 nitrogen and oxygen atoms in total. The highest BCUT2D eigenvalue weighted by atomic mass is 16.2. The van der Waals surface area contributed by atoms with Gasteiger partial charge in [-0.3, -0.25) is 4.79 Å². The zero-order valence-electron chi connectivity index (χ0n) is 19.3. The van der Waals surface area contributed by atoms with Crippen LogP contribution in [-0.4, -0.2) is 47.0 Å². The molecular weight excluding hydrogens is 396 g/mol. The lowest BCUT2D eigenvalue weighted by Crippen LogP contribution is -2.49. The van der Waals surface area contributed by atoms with Crippen LogP contribution < -0.4 is 4.90 Å². The Morgan fingerprint density at radius 3 is 2.25 bits per heavy atom. The molecule has 3 aromatic rings. The van der Waals surface area contributed by atoms with Crippen LogP contribution in [0.1, 0.15) is 35.7 Å². The summed E-state index contributed by atoms with van der Waals surface area (Å²) in [5.74, 6) is 2.03. The fraction of sp³-hybridized carbons (Fsp3) is 0.370. The fourth-order valence-corrected chi connectivity index (χ4v) is 4.31. The van der Waals surface area contributed by atoms with Crippen LogP contribution >= 0.6 is 0 Å². The van der Waals surface area contributed by atoms with E-state index in [9.17, 15) is 4.79 Å². The monoisotopic (exact) mass is 428 g/mol. The van der Waals surface area contributed by atoms with E-state index in [2.05, 4.69) is 62.1 Å². The lowest BCUT2D eigenvalue weighted by atomic mass is 10.1. The summed E-state index contributed by atoms with van der Waals surface area (Å²) in [5, 5.41) is 0. The summed E-state index contributed by atoms with van der Waals surface area (Å²) in [6, 6.07) is 18.6. The van der Waals surface area contributed by atoms with E-state index < -0.39 is 0 Å². The summed E-state index contributed by atoms with van der Waals surface area (Å²) in [7, 11) is 0. The molecule has 1 saturated heterocycles. The molecule has 32 heavy (non-hydrogen) atoms. The first-order valence-corrected chi connectivity index (χ1v) is 11.6. The molecule has 0 spiro atoms. The van der Waals surface area contributed by atoms with Crippen LogP contribution in [0.4, 0.5) is 5.82 Å². The van der Waals surface area contributed by atoms with Crippen LogP contribution in [0.25, 0.3) is 11.4 Å². The molecule has 0 aliphatic carbocycles. The minimum Gasteiger partial charge on any atom is -0.353 e. The molecule has 1 aromatic heterocycles. The predicted molar refractivity (Wildman–Crippen MR) is 130 cm³/mol. The molecule has 166 valence electrons. The Bertz CT molecular complexity index is 1060. The molecule has 1 aliphatic rings. The quantitative estimate of drug-likeness (QED) is 0.576. The van der Waals surface area contributed by atoms with Gasteiger partial charge in [-0.1, -0.05) is 67.1 Å². The van der Waals surface area contributed by atoms with Crippen molar-refractivity contribution in [2.45, 2.75) is 40.0 Å². The Morgan fingerprint density at radius 2 is 1.59 bits per heavy atom. The molecule has 0 bridgehead atoms. The smallest absolute Gasteiger partial charge is 0.223 e. The summed E-state index contributed by atoms with van der Waals surface area (Å²) in [4.78, 5) is 26.8. The molecule has 0 saturated carbocycles. The van der Waals surface area contributed by atoms with E-state index in [1.807, 2.05) is 23.1 Å². The van der Waals surface area contributed by atoms with Crippen LogP contribution in [0.15, 0.2) is 54.6 Å². The van der Waals surface area contributed by atoms with E-state index in [4.69, 9.17) is 9.97 Å². The maximum absolute atomic E-state index is 12.7. The Morgan fingerprint density at radius 1 is 0.906 bits per heavy atom. The number of carbonyl (C=O) groups excluding carboxylic acids is 1. The molecule has 2 heterocycles. The Labute approximate surface area is 191 Å². The highest BCUT2D eigenvalue weighted by Crippen LogP contribution is 2.27. The molecule has 0 radical (unpaired) electrons. The maximum atomic E-state index is 12.7. The summed E-state index contributed by atoms with van der Waals surface area (Å²) in [6.07, 6.45) is 2.25. The lowest BCUT2D eigenvalue weighted by molar-refractivity contribution is -0.131. The molecule has 1 fully saturated rings. The van der Waals surface area contributed by atoms with Gasteiger partial charge < -0.3 is 9.80 Å². The van der Waals surface area contributed by atoms with Crippen LogP contribution in [-0.2, 0) is 17.6 Å². The minimum atomic E-state index is 0.239. The summed E-state index contributed by atoms with van der Waals surface area (Å²) in [6.45, 7) is 9.39. The Balaban J connectivity index is 1.45. The number of carbonyl (C=O) groups is 1. The largest absolute Gasteiger partial charge is 0.353 e. The molecule has 0 atom stereocenters. The summed E-state index contributed by atoms with van der Waals surface area (Å²) < 4.78 is 0. The third-order valence-electron chi connectivity index (χ3n) is 6.26. The van der Waals surface area contributed by atoms with Gasteiger partial charge in [0, 0.05) is 49.4 Å². The highest BCUT2D eigenvalue weighted by molar-refractivity contribution is 5.77. The highest BCUT2D eigenvalue weighted by Gasteiger charge is 2.24. The topological polar surface area (TPSA) is 49.3 Å². The minimum absolute atomic E-state index is 0.239. The summed E-state index contributed by atoms with van der Waals surface area (Å²) >= 11 is 0. The van der Waals surface area contributed by atoms with Gasteiger partial charge in [0.05, 0.1) is 0 Å². The van der Waals surface area contributed by atoms with Gasteiger partial charge in [0.15, 0.2) is 5.82 Å². The molecule has 0 N–H and O–H groups in total. The van der Waals surface area contributed by atoms with Crippen molar-refractivity contribution in [3.63, 3.8) is 0 Å². The van der Waals surface area contributed by atoms with Gasteiger partial charge in [0.25, 0.3) is 0 Å². The van der Waals surface area contributed by atoms with Gasteiger partial charge in [0.2, 0.25) is 5.91 Å². The zero-order valence-corrected chi connectivity index (χ0v) is 19.3. The van der Waals surface area contributed by atoms with E-state index in [0.717, 1.165) is 61.9 Å². The third-order valence-corrected chi connectivity index (χ3v) is 6.26. The number of hydrogen-bond donors (Lipinski definition) is 0. The average molecular weight is 429 g/mol. The van der Waals surface area contributed by atoms with Gasteiger partial charge in [-0.25, -0.2) is 9.97 Å². The van der Waals surface area contributed by atoms with Crippen molar-refractivity contribution in [3.8, 4) is 11.4 Å². The van der Waals surface area contributed by atoms with Gasteiger partial charge >= 0.3 is 0 Å². The van der Waals surface area contributed by atoms with Gasteiger partial charge in [-0.05, 0) is 32.3 Å². The van der Waals surface area contributed by atoms with E-state index >= 15 is 0 Å². The number of rotatable bonds is 6. The SMILES string of the molecule is CCc1c(C)nc(-c2ccc(C)cc2)nc1N1CCN(C(=O)CCc2ccccc2)CC1. The van der Waals surface area contributed by atoms with Crippen molar-refractivity contribution >= 4 is 11.7 Å². The van der Waals surface area contributed by atoms with E-state index in [1.165, 1.54) is 16.7 Å². The fourth-order valence-electron chi connectivity index (χ4n) is 4.31. The molecule has 1 amide bonds. The first kappa shape index (κ1) is 22.0. The van der Waals surface area contributed by atoms with Crippen molar-refractivity contribution in [1.82, 2.24) is 14.9 Å². The number of nitrogens with zero attached hydrogens (tertiary/aromatic N) is 4. The van der Waals surface area contributed by atoms with Gasteiger partial charge in [-0.15, -0.1) is 0 Å². The standard InChI is InChI=1S/C27H32N4O/c1-4-24-21(3)28-26(23-13-10-20(2)11-14-23)29-27(24)31-18-16-30(17-19-31)25(32)15-12-22-8-6-5-7-9-22/h5-11,13-14H,4,12,15-19H2,1-3H3. The molecule has 4 rings (SSSR count). The van der Waals surface area contributed by atoms with Crippen molar-refractivity contribution in [3.05, 3.63) is 77.0 Å². The average Bonchev–Trinajstić information content (AvgIpc) is 2.83. The Kier molecular flexibility index (Phi) is 6.84. The van der Waals surface area contributed by atoms with Crippen LogP contribution in [0.3, 0.4) is 0 Å². The number of anilines is 1. The number of amides is 1. The lowest BCUT2D eigenvalue weighted by Gasteiger charge is -2.36. The molecule has 0 unspecified atom stereocenters. The number of benzene rings is 2. The van der Waals surface area contributed by atoms with E-state index in [1.54, 1.807) is 0 Å². The van der Waals surface area contributed by atoms with Crippen LogP contribution in [0.2, 0.25) is 0 Å². The normalized spacial score (nSPS) is 14.0. The number of aromatic nitrogens is 2. The Hall–Kier alpha value is -3.21. The van der Waals surface area contributed by atoms with Crippen LogP contribution in [0, 0.1) is 13.8 Å². The maximum Gasteiger partial charge on any atom is 0.223 e. The molecular formula is C27H32N4O. The first-order valence-electron chi connectivity index (χ1n) is 11.6. The van der Waals surface area contributed by atoms with Crippen LogP contribution in [0.5, 0.6) is 0 Å². The second kappa shape index (κ2) is 9.94. The van der Waals surface area contributed by atoms with Crippen molar-refractivity contribution < 1.29 is 4.79 Å². The number of aryl methyl sites for hydroxylation is 3. The molecule has 1 aliphatic heterocycles. The van der Waals surface area contributed by atoms with Crippen molar-refractivity contribution in [1.29, 1.82) is 0 Å². The van der Waals surface area contributed by atoms with Gasteiger partial charge in [-0.2, -0.15) is 0 Å². The third kappa shape index (κ3) is 4.98. The van der Waals surface area contributed by atoms with E-state index in [-0.39, 0.29) is 5.91 Å². The van der Waals surface area contributed by atoms with Gasteiger partial charge in [0.1, 0.15) is 5.82 Å². The second-order valence-electron chi connectivity index (χ2n) is 8.51. The molecule has 2 aromatic carbocycles. The van der Waals surface area contributed by atoms with Crippen molar-refractivity contribution in [2.75, 3.05) is 31.1 Å². The second-order valence-corrected chi connectivity index (χ2v) is 8.51. The summed E-state index contributed by atoms with van der Waals surface area (Å²) in [5.41, 5.74) is 5.72. The van der Waals surface area contributed by atoms with Crippen molar-refractivity contribution in [2.24, 2.45) is 0 Å². The zero-order chi connectivity index (χ0) is 22.5. The first-order chi connectivity index (χ1) is 15.5. The number of hydrogen-bond acceptors (Lipinski definition) is 4. The number of piperazine rings is 1. The predicted octanol–water partition coefficient (Wildman–Crippen LogP) is 4.60. The molecule has 5 heteroatoms. The van der Waals surface area contributed by atoms with E-state index in [0.29, 0.717) is 6.42 Å².